The summed E-state index contributed by atoms with van der Waals surface area (Å²) in [7, 11) is 0. The SMILES string of the molecule is c1ccc(-c2ccc(-n3c4ccccc4c4cc(-c5ccc6c7ccccc7n(-c7nc(-c8ccccc8)nc8c7Cc7ccccc7-8)c6c5)ccc43)cc2)cc1. The quantitative estimate of drug-likeness (QED) is 0.177. The molecule has 0 N–H and O–H groups in total. The molecule has 0 spiro atoms. The van der Waals surface area contributed by atoms with Crippen molar-refractivity contribution in [1.82, 2.24) is 19.1 Å². The Morgan fingerprint density at radius 2 is 0.930 bits per heavy atom. The van der Waals surface area contributed by atoms with Crippen molar-refractivity contribution in [3.8, 4) is 56.4 Å². The molecule has 4 heteroatoms. The third-order valence-electron chi connectivity index (χ3n) is 11.8. The number of hydrogen-bond donors (Lipinski definition) is 0. The molecule has 0 fully saturated rings. The van der Waals surface area contributed by atoms with Crippen LogP contribution in [0.5, 0.6) is 0 Å². The van der Waals surface area contributed by atoms with E-state index in [2.05, 4.69) is 197 Å². The van der Waals surface area contributed by atoms with Crippen LogP contribution in [0.25, 0.3) is 100 Å². The number of rotatable bonds is 5. The molecular weight excluding hydrogens is 693 g/mol. The normalized spacial score (nSPS) is 12.1. The molecule has 57 heavy (non-hydrogen) atoms. The monoisotopic (exact) mass is 726 g/mol. The molecule has 12 rings (SSSR count). The highest BCUT2D eigenvalue weighted by molar-refractivity contribution is 6.12. The topological polar surface area (TPSA) is 35.6 Å². The van der Waals surface area contributed by atoms with E-state index < -0.39 is 0 Å². The maximum atomic E-state index is 5.42. The summed E-state index contributed by atoms with van der Waals surface area (Å²) in [6.45, 7) is 0. The van der Waals surface area contributed by atoms with Gasteiger partial charge in [0.05, 0.1) is 27.8 Å². The van der Waals surface area contributed by atoms with Crippen LogP contribution in [0.15, 0.2) is 194 Å². The summed E-state index contributed by atoms with van der Waals surface area (Å²) in [5.74, 6) is 1.68. The number of aromatic nitrogens is 4. The molecular formula is C53H34N4. The Morgan fingerprint density at radius 1 is 0.368 bits per heavy atom. The van der Waals surface area contributed by atoms with Gasteiger partial charge in [-0.15, -0.1) is 0 Å². The van der Waals surface area contributed by atoms with E-state index in [1.807, 2.05) is 6.07 Å². The van der Waals surface area contributed by atoms with Gasteiger partial charge in [0, 0.05) is 50.3 Å². The molecule has 0 saturated carbocycles. The van der Waals surface area contributed by atoms with Crippen LogP contribution in [0, 0.1) is 0 Å². The highest BCUT2D eigenvalue weighted by Crippen LogP contribution is 2.43. The largest absolute Gasteiger partial charge is 0.309 e. The molecule has 11 aromatic rings. The smallest absolute Gasteiger partial charge is 0.162 e. The molecule has 0 aliphatic heterocycles. The van der Waals surface area contributed by atoms with Gasteiger partial charge >= 0.3 is 0 Å². The summed E-state index contributed by atoms with van der Waals surface area (Å²) in [5, 5.41) is 4.88. The summed E-state index contributed by atoms with van der Waals surface area (Å²) >= 11 is 0. The van der Waals surface area contributed by atoms with Gasteiger partial charge in [-0.3, -0.25) is 4.57 Å². The zero-order valence-corrected chi connectivity index (χ0v) is 31.0. The van der Waals surface area contributed by atoms with E-state index in [1.54, 1.807) is 0 Å². The third kappa shape index (κ3) is 4.94. The van der Waals surface area contributed by atoms with Gasteiger partial charge in [-0.1, -0.05) is 152 Å². The Bertz CT molecular complexity index is 3360. The van der Waals surface area contributed by atoms with Crippen molar-refractivity contribution in [2.75, 3.05) is 0 Å². The van der Waals surface area contributed by atoms with Gasteiger partial charge < -0.3 is 4.57 Å². The third-order valence-corrected chi connectivity index (χ3v) is 11.8. The van der Waals surface area contributed by atoms with Crippen LogP contribution in [0.3, 0.4) is 0 Å². The van der Waals surface area contributed by atoms with Crippen molar-refractivity contribution in [1.29, 1.82) is 0 Å². The Labute approximate surface area is 329 Å². The minimum Gasteiger partial charge on any atom is -0.309 e. The van der Waals surface area contributed by atoms with Crippen molar-refractivity contribution in [2.24, 2.45) is 0 Å². The first-order chi connectivity index (χ1) is 28.3. The highest BCUT2D eigenvalue weighted by atomic mass is 15.1. The first kappa shape index (κ1) is 31.8. The Balaban J connectivity index is 1.05. The molecule has 0 bridgehead atoms. The molecule has 1 aliphatic rings. The summed E-state index contributed by atoms with van der Waals surface area (Å²) in [6, 6.07) is 69.8. The Kier molecular flexibility index (Phi) is 6.96. The van der Waals surface area contributed by atoms with Gasteiger partial charge in [-0.2, -0.15) is 0 Å². The molecule has 4 nitrogen and oxygen atoms in total. The lowest BCUT2D eigenvalue weighted by molar-refractivity contribution is 1.01. The lowest BCUT2D eigenvalue weighted by Crippen LogP contribution is -2.06. The molecule has 0 radical (unpaired) electrons. The van der Waals surface area contributed by atoms with E-state index in [0.717, 1.165) is 57.2 Å². The number of nitrogens with zero attached hydrogens (tertiary/aromatic N) is 4. The van der Waals surface area contributed by atoms with Crippen LogP contribution in [0.2, 0.25) is 0 Å². The number of para-hydroxylation sites is 2. The van der Waals surface area contributed by atoms with Gasteiger partial charge in [0.15, 0.2) is 5.82 Å². The van der Waals surface area contributed by atoms with Gasteiger partial charge in [0.2, 0.25) is 0 Å². The Morgan fingerprint density at radius 3 is 1.72 bits per heavy atom. The molecule has 8 aromatic carbocycles. The number of fused-ring (bicyclic) bond motifs is 9. The van der Waals surface area contributed by atoms with Crippen molar-refractivity contribution < 1.29 is 0 Å². The second-order valence-corrected chi connectivity index (χ2v) is 15.0. The predicted molar refractivity (Wildman–Crippen MR) is 235 cm³/mol. The first-order valence-corrected chi connectivity index (χ1v) is 19.5. The second-order valence-electron chi connectivity index (χ2n) is 15.0. The van der Waals surface area contributed by atoms with Crippen molar-refractivity contribution in [2.45, 2.75) is 6.42 Å². The zero-order valence-electron chi connectivity index (χ0n) is 31.0. The summed E-state index contributed by atoms with van der Waals surface area (Å²) in [4.78, 5) is 10.7. The molecule has 1 aliphatic carbocycles. The second kappa shape index (κ2) is 12.5. The number of hydrogen-bond acceptors (Lipinski definition) is 2. The molecule has 3 aromatic heterocycles. The minimum atomic E-state index is 0.736. The van der Waals surface area contributed by atoms with E-state index in [1.165, 1.54) is 60.4 Å². The first-order valence-electron chi connectivity index (χ1n) is 19.5. The van der Waals surface area contributed by atoms with Crippen molar-refractivity contribution in [3.63, 3.8) is 0 Å². The lowest BCUT2D eigenvalue weighted by Gasteiger charge is -2.14. The zero-order chi connectivity index (χ0) is 37.5. The summed E-state index contributed by atoms with van der Waals surface area (Å²) in [5.41, 5.74) is 16.2. The van der Waals surface area contributed by atoms with Crippen molar-refractivity contribution in [3.05, 3.63) is 205 Å². The average molecular weight is 727 g/mol. The maximum absolute atomic E-state index is 5.42. The van der Waals surface area contributed by atoms with E-state index in [0.29, 0.717) is 0 Å². The lowest BCUT2D eigenvalue weighted by atomic mass is 10.0. The fourth-order valence-corrected chi connectivity index (χ4v) is 9.10. The van der Waals surface area contributed by atoms with Gasteiger partial charge in [-0.05, 0) is 70.3 Å². The molecule has 266 valence electrons. The van der Waals surface area contributed by atoms with E-state index >= 15 is 0 Å². The van der Waals surface area contributed by atoms with E-state index in [-0.39, 0.29) is 0 Å². The van der Waals surface area contributed by atoms with Crippen LogP contribution in [0.4, 0.5) is 0 Å². The number of benzene rings is 8. The van der Waals surface area contributed by atoms with Crippen LogP contribution < -0.4 is 0 Å². The van der Waals surface area contributed by atoms with Gasteiger partial charge in [0.1, 0.15) is 5.82 Å². The molecule has 0 saturated heterocycles. The average Bonchev–Trinajstić information content (AvgIpc) is 3.94. The standard InChI is InChI=1S/C53H34N4/c1-3-13-34(14-4-1)35-23-27-40(28-24-35)56-47-21-11-10-20-43(47)45-31-37(26-30-49(45)56)38-25-29-44-42-19-9-12-22-48(42)57(50(44)33-38)53-46-32-39-17-7-8-18-41(39)51(46)54-52(55-53)36-15-5-2-6-16-36/h1-31,33H,32H2. The summed E-state index contributed by atoms with van der Waals surface area (Å²) < 4.78 is 4.78. The fraction of sp³-hybridized carbons (Fsp3) is 0.0189. The van der Waals surface area contributed by atoms with Gasteiger partial charge in [0.25, 0.3) is 0 Å². The van der Waals surface area contributed by atoms with E-state index in [4.69, 9.17) is 9.97 Å². The van der Waals surface area contributed by atoms with Crippen LogP contribution in [0.1, 0.15) is 11.1 Å². The molecule has 3 heterocycles. The molecule has 0 atom stereocenters. The molecule has 0 unspecified atom stereocenters. The minimum absolute atomic E-state index is 0.736. The fourth-order valence-electron chi connectivity index (χ4n) is 9.10. The summed E-state index contributed by atoms with van der Waals surface area (Å²) in [6.07, 6.45) is 0.791. The van der Waals surface area contributed by atoms with E-state index in [9.17, 15) is 0 Å². The maximum Gasteiger partial charge on any atom is 0.162 e. The van der Waals surface area contributed by atoms with Crippen molar-refractivity contribution >= 4 is 43.6 Å². The predicted octanol–water partition coefficient (Wildman–Crippen LogP) is 13.2. The van der Waals surface area contributed by atoms with Gasteiger partial charge in [-0.25, -0.2) is 9.97 Å². The highest BCUT2D eigenvalue weighted by Gasteiger charge is 2.28. The van der Waals surface area contributed by atoms with Crippen LogP contribution in [-0.2, 0) is 6.42 Å². The Hall–Kier alpha value is -7.56. The van der Waals surface area contributed by atoms with Crippen LogP contribution >= 0.6 is 0 Å². The van der Waals surface area contributed by atoms with Crippen LogP contribution in [-0.4, -0.2) is 19.1 Å². The molecule has 0 amide bonds.